The molecule has 0 radical (unpaired) electrons. The molecule has 0 spiro atoms. The summed E-state index contributed by atoms with van der Waals surface area (Å²) in [5, 5.41) is 7.27. The smallest absolute Gasteiger partial charge is 0.227 e. The molecule has 0 bridgehead atoms. The summed E-state index contributed by atoms with van der Waals surface area (Å²) in [7, 11) is 0. The standard InChI is InChI=1S/C15H24N4O2/c1-11-14(12(2)21-17-11)10-18-5-7-19(8-6-18)15(20)13-3-4-16-9-13/h13,16H,3-10H2,1-2H3. The molecule has 0 aliphatic carbocycles. The minimum Gasteiger partial charge on any atom is -0.361 e. The molecule has 2 fully saturated rings. The van der Waals surface area contributed by atoms with Crippen LogP contribution in [0.1, 0.15) is 23.4 Å². The lowest BCUT2D eigenvalue weighted by molar-refractivity contribution is -0.136. The number of rotatable bonds is 3. The first kappa shape index (κ1) is 14.5. The monoisotopic (exact) mass is 292 g/mol. The summed E-state index contributed by atoms with van der Waals surface area (Å²) in [5.74, 6) is 1.43. The van der Waals surface area contributed by atoms with Crippen molar-refractivity contribution in [3.8, 4) is 0 Å². The highest BCUT2D eigenvalue weighted by molar-refractivity contribution is 5.79. The lowest BCUT2D eigenvalue weighted by atomic mass is 10.1. The Bertz CT molecular complexity index is 480. The van der Waals surface area contributed by atoms with Gasteiger partial charge in [0, 0.05) is 44.8 Å². The first-order chi connectivity index (χ1) is 10.1. The third-order valence-corrected chi connectivity index (χ3v) is 4.66. The number of carbonyl (C=O) groups is 1. The van der Waals surface area contributed by atoms with Gasteiger partial charge in [-0.05, 0) is 26.8 Å². The third kappa shape index (κ3) is 3.11. The minimum absolute atomic E-state index is 0.194. The van der Waals surface area contributed by atoms with Gasteiger partial charge >= 0.3 is 0 Å². The second-order valence-electron chi connectivity index (χ2n) is 6.09. The SMILES string of the molecule is Cc1noc(C)c1CN1CCN(C(=O)C2CCNC2)CC1. The quantitative estimate of drug-likeness (QED) is 0.881. The van der Waals surface area contributed by atoms with Gasteiger partial charge in [0.25, 0.3) is 0 Å². The van der Waals surface area contributed by atoms with Crippen molar-refractivity contribution in [1.82, 2.24) is 20.3 Å². The van der Waals surface area contributed by atoms with Crippen LogP contribution in [0.4, 0.5) is 0 Å². The summed E-state index contributed by atoms with van der Waals surface area (Å²) in [6.07, 6.45) is 0.984. The van der Waals surface area contributed by atoms with E-state index in [1.165, 1.54) is 5.56 Å². The van der Waals surface area contributed by atoms with E-state index in [9.17, 15) is 4.79 Å². The zero-order valence-corrected chi connectivity index (χ0v) is 12.9. The molecule has 116 valence electrons. The van der Waals surface area contributed by atoms with Gasteiger partial charge in [0.05, 0.1) is 11.6 Å². The van der Waals surface area contributed by atoms with Gasteiger partial charge < -0.3 is 14.7 Å². The molecule has 1 aromatic heterocycles. The van der Waals surface area contributed by atoms with Crippen LogP contribution in [0.25, 0.3) is 0 Å². The van der Waals surface area contributed by atoms with Crippen LogP contribution >= 0.6 is 0 Å². The second kappa shape index (κ2) is 6.15. The number of aryl methyl sites for hydroxylation is 2. The van der Waals surface area contributed by atoms with E-state index in [4.69, 9.17) is 4.52 Å². The fourth-order valence-corrected chi connectivity index (χ4v) is 3.20. The van der Waals surface area contributed by atoms with Crippen LogP contribution in [0.15, 0.2) is 4.52 Å². The zero-order valence-electron chi connectivity index (χ0n) is 12.9. The maximum Gasteiger partial charge on any atom is 0.227 e. The predicted molar refractivity (Wildman–Crippen MR) is 78.8 cm³/mol. The highest BCUT2D eigenvalue weighted by Gasteiger charge is 2.29. The molecule has 1 amide bonds. The number of nitrogens with one attached hydrogen (secondary N) is 1. The van der Waals surface area contributed by atoms with Crippen molar-refractivity contribution < 1.29 is 9.32 Å². The Labute approximate surface area is 125 Å². The molecule has 0 aromatic carbocycles. The summed E-state index contributed by atoms with van der Waals surface area (Å²) in [5.41, 5.74) is 2.16. The van der Waals surface area contributed by atoms with Crippen molar-refractivity contribution in [2.45, 2.75) is 26.8 Å². The van der Waals surface area contributed by atoms with E-state index in [0.29, 0.717) is 5.91 Å². The Balaban J connectivity index is 1.52. The predicted octanol–water partition coefficient (Wildman–Crippen LogP) is 0.545. The number of piperazine rings is 1. The Morgan fingerprint density at radius 2 is 2.10 bits per heavy atom. The molecular weight excluding hydrogens is 268 g/mol. The van der Waals surface area contributed by atoms with Gasteiger partial charge in [-0.1, -0.05) is 5.16 Å². The van der Waals surface area contributed by atoms with E-state index in [2.05, 4.69) is 15.4 Å². The van der Waals surface area contributed by atoms with Gasteiger partial charge in [0.1, 0.15) is 5.76 Å². The van der Waals surface area contributed by atoms with Crippen LogP contribution in [0.5, 0.6) is 0 Å². The van der Waals surface area contributed by atoms with Crippen molar-refractivity contribution in [3.05, 3.63) is 17.0 Å². The van der Waals surface area contributed by atoms with E-state index in [-0.39, 0.29) is 5.92 Å². The molecule has 1 unspecified atom stereocenters. The van der Waals surface area contributed by atoms with Crippen molar-refractivity contribution in [2.75, 3.05) is 39.3 Å². The van der Waals surface area contributed by atoms with Gasteiger partial charge in [-0.15, -0.1) is 0 Å². The highest BCUT2D eigenvalue weighted by Crippen LogP contribution is 2.18. The molecule has 1 N–H and O–H groups in total. The molecule has 6 heteroatoms. The van der Waals surface area contributed by atoms with E-state index >= 15 is 0 Å². The van der Waals surface area contributed by atoms with Crippen LogP contribution in [0, 0.1) is 19.8 Å². The lowest BCUT2D eigenvalue weighted by Crippen LogP contribution is -2.50. The first-order valence-corrected chi connectivity index (χ1v) is 7.79. The van der Waals surface area contributed by atoms with Crippen molar-refractivity contribution in [2.24, 2.45) is 5.92 Å². The maximum absolute atomic E-state index is 12.4. The number of nitrogens with zero attached hydrogens (tertiary/aromatic N) is 3. The van der Waals surface area contributed by atoms with Crippen molar-refractivity contribution in [3.63, 3.8) is 0 Å². The van der Waals surface area contributed by atoms with E-state index < -0.39 is 0 Å². The molecule has 6 nitrogen and oxygen atoms in total. The largest absolute Gasteiger partial charge is 0.361 e. The van der Waals surface area contributed by atoms with E-state index in [0.717, 1.165) is 63.7 Å². The first-order valence-electron chi connectivity index (χ1n) is 7.79. The molecule has 3 rings (SSSR count). The lowest BCUT2D eigenvalue weighted by Gasteiger charge is -2.35. The Morgan fingerprint density at radius 3 is 2.67 bits per heavy atom. The third-order valence-electron chi connectivity index (χ3n) is 4.66. The number of amides is 1. The van der Waals surface area contributed by atoms with Crippen LogP contribution in [-0.4, -0.2) is 60.1 Å². The Morgan fingerprint density at radius 1 is 1.33 bits per heavy atom. The molecular formula is C15H24N4O2. The van der Waals surface area contributed by atoms with Crippen LogP contribution in [0.3, 0.4) is 0 Å². The van der Waals surface area contributed by atoms with Crippen molar-refractivity contribution in [1.29, 1.82) is 0 Å². The molecule has 1 aromatic rings. The van der Waals surface area contributed by atoms with Gasteiger partial charge in [-0.2, -0.15) is 0 Å². The number of hydrogen-bond donors (Lipinski definition) is 1. The van der Waals surface area contributed by atoms with Gasteiger partial charge in [0.15, 0.2) is 0 Å². The fourth-order valence-electron chi connectivity index (χ4n) is 3.20. The minimum atomic E-state index is 0.194. The van der Waals surface area contributed by atoms with E-state index in [1.54, 1.807) is 0 Å². The second-order valence-corrected chi connectivity index (χ2v) is 6.09. The number of carbonyl (C=O) groups excluding carboxylic acids is 1. The van der Waals surface area contributed by atoms with Gasteiger partial charge in [0.2, 0.25) is 5.91 Å². The fraction of sp³-hybridized carbons (Fsp3) is 0.733. The molecule has 21 heavy (non-hydrogen) atoms. The average Bonchev–Trinajstić information content (AvgIpc) is 3.13. The van der Waals surface area contributed by atoms with Crippen LogP contribution in [0.2, 0.25) is 0 Å². The molecule has 2 aliphatic heterocycles. The molecule has 2 saturated heterocycles. The van der Waals surface area contributed by atoms with Crippen molar-refractivity contribution >= 4 is 5.91 Å². The normalized spacial score (nSPS) is 23.7. The number of hydrogen-bond acceptors (Lipinski definition) is 5. The Kier molecular flexibility index (Phi) is 4.26. The summed E-state index contributed by atoms with van der Waals surface area (Å²) >= 11 is 0. The Hall–Kier alpha value is -1.40. The molecule has 1 atom stereocenters. The molecule has 0 saturated carbocycles. The van der Waals surface area contributed by atoms with Gasteiger partial charge in [-0.25, -0.2) is 0 Å². The average molecular weight is 292 g/mol. The molecule has 2 aliphatic rings. The summed E-state index contributed by atoms with van der Waals surface area (Å²) in [6.45, 7) is 10.2. The van der Waals surface area contributed by atoms with Gasteiger partial charge in [-0.3, -0.25) is 9.69 Å². The van der Waals surface area contributed by atoms with Crippen LogP contribution in [-0.2, 0) is 11.3 Å². The summed E-state index contributed by atoms with van der Waals surface area (Å²) in [4.78, 5) is 16.8. The maximum atomic E-state index is 12.4. The zero-order chi connectivity index (χ0) is 14.8. The molecule has 3 heterocycles. The number of aromatic nitrogens is 1. The van der Waals surface area contributed by atoms with E-state index in [1.807, 2.05) is 18.7 Å². The topological polar surface area (TPSA) is 61.6 Å². The summed E-state index contributed by atoms with van der Waals surface area (Å²) < 4.78 is 5.22. The summed E-state index contributed by atoms with van der Waals surface area (Å²) in [6, 6.07) is 0. The van der Waals surface area contributed by atoms with Crippen LogP contribution < -0.4 is 5.32 Å². The highest BCUT2D eigenvalue weighted by atomic mass is 16.5.